The van der Waals surface area contributed by atoms with Crippen molar-refractivity contribution < 1.29 is 10.0 Å². The van der Waals surface area contributed by atoms with Crippen molar-refractivity contribution >= 4 is 11.6 Å². The number of oxime groups is 1. The maximum Gasteiger partial charge on any atom is 0.254 e. The molecule has 1 N–H and O–H groups in total. The molecule has 0 saturated heterocycles. The molecule has 1 aliphatic carbocycles. The van der Waals surface area contributed by atoms with Gasteiger partial charge in [0, 0.05) is 24.1 Å². The molecular formula is C20H20N2O2. The van der Waals surface area contributed by atoms with E-state index in [2.05, 4.69) is 11.2 Å². The predicted octanol–water partition coefficient (Wildman–Crippen LogP) is 3.64. The molecule has 0 saturated carbocycles. The molecule has 4 nitrogen and oxygen atoms in total. The molecule has 0 unspecified atom stereocenters. The van der Waals surface area contributed by atoms with E-state index in [0.29, 0.717) is 5.71 Å². The van der Waals surface area contributed by atoms with Crippen molar-refractivity contribution in [1.29, 1.82) is 0 Å². The zero-order valence-electron chi connectivity index (χ0n) is 13.6. The first kappa shape index (κ1) is 14.9. The average molecular weight is 320 g/mol. The number of hydrogen-bond acceptors (Lipinski definition) is 3. The van der Waals surface area contributed by atoms with Gasteiger partial charge in [-0.25, -0.2) is 0 Å². The number of amides is 1. The molecule has 0 aromatic heterocycles. The van der Waals surface area contributed by atoms with Crippen molar-refractivity contribution in [3.63, 3.8) is 0 Å². The van der Waals surface area contributed by atoms with Gasteiger partial charge < -0.3 is 10.1 Å². The molecule has 4 rings (SSSR count). The van der Waals surface area contributed by atoms with Crippen LogP contribution in [0.4, 0.5) is 0 Å². The maximum atomic E-state index is 12.6. The number of rotatable bonds is 1. The highest BCUT2D eigenvalue weighted by atomic mass is 16.4. The molecule has 2 aromatic rings. The fraction of sp³-hybridized carbons (Fsp3) is 0.300. The molecule has 0 bridgehead atoms. The molecule has 0 fully saturated rings. The topological polar surface area (TPSA) is 52.9 Å². The summed E-state index contributed by atoms with van der Waals surface area (Å²) < 4.78 is 0. The highest BCUT2D eigenvalue weighted by Crippen LogP contribution is 2.42. The van der Waals surface area contributed by atoms with Crippen LogP contribution >= 0.6 is 0 Å². The van der Waals surface area contributed by atoms with Crippen molar-refractivity contribution in [3.05, 3.63) is 70.8 Å². The Hall–Kier alpha value is -2.62. The van der Waals surface area contributed by atoms with Crippen molar-refractivity contribution in [1.82, 2.24) is 4.90 Å². The molecule has 1 aliphatic heterocycles. The number of carbonyl (C=O) groups excluding carboxylic acids is 1. The average Bonchev–Trinajstić information content (AvgIpc) is 2.77. The van der Waals surface area contributed by atoms with Gasteiger partial charge in [-0.1, -0.05) is 47.6 Å². The summed E-state index contributed by atoms with van der Waals surface area (Å²) in [5.74, 6) is 0.0432. The normalized spacial score (nSPS) is 24.6. The molecule has 0 spiro atoms. The second kappa shape index (κ2) is 5.78. The minimum absolute atomic E-state index is 0.00347. The van der Waals surface area contributed by atoms with Crippen molar-refractivity contribution in [2.24, 2.45) is 11.1 Å². The first-order valence-corrected chi connectivity index (χ1v) is 8.38. The monoisotopic (exact) mass is 320 g/mol. The van der Waals surface area contributed by atoms with Gasteiger partial charge in [0.15, 0.2) is 0 Å². The minimum atomic E-state index is -0.0780. The van der Waals surface area contributed by atoms with E-state index in [1.54, 1.807) is 4.90 Å². The number of benzene rings is 2. The lowest BCUT2D eigenvalue weighted by molar-refractivity contribution is 0.0747. The number of aryl methyl sites for hydroxylation is 1. The van der Waals surface area contributed by atoms with Crippen LogP contribution in [0.5, 0.6) is 0 Å². The third-order valence-electron chi connectivity index (χ3n) is 5.34. The quantitative estimate of drug-likeness (QED) is 0.495. The molecule has 2 aliphatic rings. The van der Waals surface area contributed by atoms with Gasteiger partial charge in [-0.2, -0.15) is 0 Å². The van der Waals surface area contributed by atoms with Crippen LogP contribution in [0.15, 0.2) is 53.7 Å². The molecule has 2 atom stereocenters. The smallest absolute Gasteiger partial charge is 0.254 e. The fourth-order valence-corrected chi connectivity index (χ4v) is 4.23. The van der Waals surface area contributed by atoms with E-state index < -0.39 is 0 Å². The third kappa shape index (κ3) is 2.13. The van der Waals surface area contributed by atoms with E-state index in [0.717, 1.165) is 36.0 Å². The summed E-state index contributed by atoms with van der Waals surface area (Å²) in [5, 5.41) is 13.5. The van der Waals surface area contributed by atoms with Crippen LogP contribution in [0.3, 0.4) is 0 Å². The van der Waals surface area contributed by atoms with Gasteiger partial charge in [0.1, 0.15) is 0 Å². The van der Waals surface area contributed by atoms with Gasteiger partial charge >= 0.3 is 0 Å². The number of fused-ring (bicyclic) bond motifs is 2. The Labute approximate surface area is 141 Å². The van der Waals surface area contributed by atoms with E-state index in [9.17, 15) is 10.0 Å². The van der Waals surface area contributed by atoms with Crippen LogP contribution in [0, 0.1) is 5.92 Å². The number of hydrogen-bond donors (Lipinski definition) is 1. The van der Waals surface area contributed by atoms with E-state index in [1.165, 1.54) is 5.56 Å². The Bertz CT molecular complexity index is 828. The lowest BCUT2D eigenvalue weighted by Gasteiger charge is -2.29. The first-order chi connectivity index (χ1) is 11.7. The van der Waals surface area contributed by atoms with Crippen molar-refractivity contribution in [2.45, 2.75) is 25.3 Å². The lowest BCUT2D eigenvalue weighted by Crippen LogP contribution is -2.33. The summed E-state index contributed by atoms with van der Waals surface area (Å²) in [5.41, 5.74) is 4.72. The zero-order valence-corrected chi connectivity index (χ0v) is 13.6. The molecule has 122 valence electrons. The first-order valence-electron chi connectivity index (χ1n) is 8.38. The second-order valence-electron chi connectivity index (χ2n) is 6.59. The maximum absolute atomic E-state index is 12.6. The molecular weight excluding hydrogens is 300 g/mol. The van der Waals surface area contributed by atoms with Gasteiger partial charge in [-0.3, -0.25) is 4.79 Å². The largest absolute Gasteiger partial charge is 0.411 e. The molecule has 1 heterocycles. The van der Waals surface area contributed by atoms with Crippen LogP contribution in [0.1, 0.15) is 45.9 Å². The minimum Gasteiger partial charge on any atom is -0.411 e. The number of carbonyl (C=O) groups is 1. The van der Waals surface area contributed by atoms with Crippen LogP contribution in [0.25, 0.3) is 0 Å². The summed E-state index contributed by atoms with van der Waals surface area (Å²) in [6.07, 6.45) is 2.88. The molecule has 24 heavy (non-hydrogen) atoms. The van der Waals surface area contributed by atoms with Crippen molar-refractivity contribution in [3.8, 4) is 0 Å². The summed E-state index contributed by atoms with van der Waals surface area (Å²) in [6, 6.07) is 15.8. The van der Waals surface area contributed by atoms with Crippen LogP contribution in [0.2, 0.25) is 0 Å². The van der Waals surface area contributed by atoms with Crippen LogP contribution in [-0.2, 0) is 6.42 Å². The summed E-state index contributed by atoms with van der Waals surface area (Å²) in [6.45, 7) is 0. The SMILES string of the molecule is CN1C(=O)c2ccccc2[C@@H]1[C@@H]1CCCc2ccccc2/C1=N\O. The van der Waals surface area contributed by atoms with Gasteiger partial charge in [0.2, 0.25) is 0 Å². The Morgan fingerprint density at radius 1 is 1.08 bits per heavy atom. The standard InChI is InChI=1S/C20H20N2O2/c1-22-19(15-10-4-5-11-16(15)20(22)23)17-12-6-8-13-7-2-3-9-14(13)18(17)21-24/h2-5,7,9-11,17,19,24H,6,8,12H2,1H3/b21-18+/t17-,19-/m1/s1. The summed E-state index contributed by atoms with van der Waals surface area (Å²) in [7, 11) is 1.85. The third-order valence-corrected chi connectivity index (χ3v) is 5.34. The lowest BCUT2D eigenvalue weighted by atomic mass is 9.84. The van der Waals surface area contributed by atoms with E-state index in [4.69, 9.17) is 0 Å². The van der Waals surface area contributed by atoms with E-state index in [-0.39, 0.29) is 17.9 Å². The van der Waals surface area contributed by atoms with Gasteiger partial charge in [-0.05, 0) is 36.5 Å². The molecule has 0 radical (unpaired) electrons. The Balaban J connectivity index is 1.83. The highest BCUT2D eigenvalue weighted by Gasteiger charge is 2.42. The van der Waals surface area contributed by atoms with E-state index >= 15 is 0 Å². The van der Waals surface area contributed by atoms with E-state index in [1.807, 2.05) is 49.5 Å². The fourth-order valence-electron chi connectivity index (χ4n) is 4.23. The molecule has 2 aromatic carbocycles. The van der Waals surface area contributed by atoms with Crippen LogP contribution < -0.4 is 0 Å². The Morgan fingerprint density at radius 2 is 1.79 bits per heavy atom. The van der Waals surface area contributed by atoms with Gasteiger partial charge in [0.05, 0.1) is 11.8 Å². The Morgan fingerprint density at radius 3 is 2.58 bits per heavy atom. The summed E-state index contributed by atoms with van der Waals surface area (Å²) in [4.78, 5) is 14.4. The number of nitrogens with zero attached hydrogens (tertiary/aromatic N) is 2. The molecule has 4 heteroatoms. The highest BCUT2D eigenvalue weighted by molar-refractivity contribution is 6.06. The second-order valence-corrected chi connectivity index (χ2v) is 6.59. The van der Waals surface area contributed by atoms with Crippen LogP contribution in [-0.4, -0.2) is 28.8 Å². The molecule has 1 amide bonds. The van der Waals surface area contributed by atoms with Crippen molar-refractivity contribution in [2.75, 3.05) is 7.05 Å². The van der Waals surface area contributed by atoms with Gasteiger partial charge in [0.25, 0.3) is 5.91 Å². The van der Waals surface area contributed by atoms with Gasteiger partial charge in [-0.15, -0.1) is 0 Å². The predicted molar refractivity (Wildman–Crippen MR) is 92.5 cm³/mol. The Kier molecular flexibility index (Phi) is 3.60. The summed E-state index contributed by atoms with van der Waals surface area (Å²) >= 11 is 0. The zero-order chi connectivity index (χ0) is 16.7.